The molecule has 2 fully saturated rings. The van der Waals surface area contributed by atoms with Crippen LogP contribution in [0.3, 0.4) is 0 Å². The number of aliphatic hydroxyl groups excluding tert-OH is 1. The van der Waals surface area contributed by atoms with Crippen molar-refractivity contribution in [2.75, 3.05) is 67.7 Å². The van der Waals surface area contributed by atoms with Gasteiger partial charge < -0.3 is 34.6 Å². The van der Waals surface area contributed by atoms with Crippen molar-refractivity contribution in [3.05, 3.63) is 59.3 Å². The summed E-state index contributed by atoms with van der Waals surface area (Å²) < 4.78 is 53.7. The maximum absolute atomic E-state index is 14.2. The summed E-state index contributed by atoms with van der Waals surface area (Å²) in [6.07, 6.45) is -1.57. The van der Waals surface area contributed by atoms with E-state index in [-0.39, 0.29) is 18.7 Å². The van der Waals surface area contributed by atoms with Crippen LogP contribution >= 0.6 is 0 Å². The minimum Gasteiger partial charge on any atom is -0.389 e. The molecule has 4 heterocycles. The Hall–Kier alpha value is -3.61. The zero-order valence-corrected chi connectivity index (χ0v) is 26.1. The number of nitrogens with one attached hydrogen (secondary N) is 1. The largest absolute Gasteiger partial charge is 0.417 e. The standard InChI is InChI=1S/C33H42F3N5O4/c1-4-6-7-12-45-32-28(33(34,35)36)15-24(19-39(32)5-2)31(43)37-25-9-8-22(3)27(18-25)23-16-29(40-10-13-44-14-11-40)38-30(17-23)41-20-26(42)21-41/h8-9,15-19,26,32,42H,4-7,10-14,20-21H2,1-3H3,(H,37,43). The highest BCUT2D eigenvalue weighted by Crippen LogP contribution is 2.37. The second kappa shape index (κ2) is 14.2. The molecule has 1 aromatic carbocycles. The van der Waals surface area contributed by atoms with E-state index < -0.39 is 30.0 Å². The van der Waals surface area contributed by atoms with E-state index in [0.29, 0.717) is 51.5 Å². The van der Waals surface area contributed by atoms with Crippen molar-refractivity contribution in [2.24, 2.45) is 0 Å². The third-order valence-corrected chi connectivity index (χ3v) is 8.29. The van der Waals surface area contributed by atoms with Crippen LogP contribution < -0.4 is 15.1 Å². The van der Waals surface area contributed by atoms with Crippen molar-refractivity contribution >= 4 is 23.2 Å². The lowest BCUT2D eigenvalue weighted by Crippen LogP contribution is -2.51. The van der Waals surface area contributed by atoms with Crippen molar-refractivity contribution in [3.8, 4) is 11.1 Å². The highest BCUT2D eigenvalue weighted by molar-refractivity contribution is 6.06. The molecule has 1 amide bonds. The van der Waals surface area contributed by atoms with Gasteiger partial charge in [0.25, 0.3) is 5.91 Å². The molecule has 3 aliphatic rings. The predicted molar refractivity (Wildman–Crippen MR) is 168 cm³/mol. The first kappa shape index (κ1) is 32.8. The number of ether oxygens (including phenoxy) is 2. The number of hydrogen-bond donors (Lipinski definition) is 2. The monoisotopic (exact) mass is 629 g/mol. The number of likely N-dealkylation sites (N-methyl/N-ethyl adjacent to an activating group) is 1. The molecule has 12 heteroatoms. The Balaban J connectivity index is 1.41. The van der Waals surface area contributed by atoms with E-state index in [1.807, 2.05) is 43.0 Å². The Bertz CT molecular complexity index is 1420. The maximum Gasteiger partial charge on any atom is 0.417 e. The van der Waals surface area contributed by atoms with E-state index in [1.165, 1.54) is 11.1 Å². The number of halogens is 3. The van der Waals surface area contributed by atoms with Gasteiger partial charge in [0.15, 0.2) is 6.23 Å². The van der Waals surface area contributed by atoms with Crippen LogP contribution in [0, 0.1) is 6.92 Å². The normalized spacial score (nSPS) is 19.3. The minimum absolute atomic E-state index is 0.100. The quantitative estimate of drug-likeness (QED) is 0.326. The van der Waals surface area contributed by atoms with Gasteiger partial charge in [-0.3, -0.25) is 4.79 Å². The fourth-order valence-electron chi connectivity index (χ4n) is 5.67. The Morgan fingerprint density at radius 3 is 2.44 bits per heavy atom. The number of β-amino-alcohol motifs (C(OH)–C–C–N with tert-alkyl or cyclic N) is 1. The van der Waals surface area contributed by atoms with Gasteiger partial charge in [-0.25, -0.2) is 4.98 Å². The summed E-state index contributed by atoms with van der Waals surface area (Å²) in [5.74, 6) is 0.897. The molecule has 0 saturated carbocycles. The molecule has 1 atom stereocenters. The first-order valence-electron chi connectivity index (χ1n) is 15.7. The van der Waals surface area contributed by atoms with Gasteiger partial charge in [0, 0.05) is 51.2 Å². The van der Waals surface area contributed by atoms with E-state index in [0.717, 1.165) is 47.2 Å². The molecule has 5 rings (SSSR count). The summed E-state index contributed by atoms with van der Waals surface area (Å²) in [6, 6.07) is 9.40. The number of aryl methyl sites for hydroxylation is 1. The number of aromatic nitrogens is 1. The van der Waals surface area contributed by atoms with Crippen LogP contribution in [0.15, 0.2) is 53.8 Å². The molecule has 2 aromatic rings. The number of aliphatic hydroxyl groups is 1. The van der Waals surface area contributed by atoms with Crippen LogP contribution in [0.5, 0.6) is 0 Å². The van der Waals surface area contributed by atoms with E-state index in [9.17, 15) is 23.1 Å². The molecule has 2 saturated heterocycles. The Morgan fingerprint density at radius 1 is 1.09 bits per heavy atom. The highest BCUT2D eigenvalue weighted by Gasteiger charge is 2.43. The number of benzene rings is 1. The van der Waals surface area contributed by atoms with Gasteiger partial charge in [0.2, 0.25) is 0 Å². The molecule has 1 aromatic heterocycles. The summed E-state index contributed by atoms with van der Waals surface area (Å²) >= 11 is 0. The third-order valence-electron chi connectivity index (χ3n) is 8.29. The lowest BCUT2D eigenvalue weighted by Gasteiger charge is -2.38. The smallest absolute Gasteiger partial charge is 0.389 e. The molecule has 3 aliphatic heterocycles. The van der Waals surface area contributed by atoms with Crippen molar-refractivity contribution in [3.63, 3.8) is 0 Å². The first-order chi connectivity index (χ1) is 21.6. The summed E-state index contributed by atoms with van der Waals surface area (Å²) in [4.78, 5) is 23.9. The Morgan fingerprint density at radius 2 is 1.80 bits per heavy atom. The number of carbonyl (C=O) groups is 1. The van der Waals surface area contributed by atoms with Crippen LogP contribution in [0.1, 0.15) is 38.7 Å². The molecule has 0 aliphatic carbocycles. The number of amides is 1. The summed E-state index contributed by atoms with van der Waals surface area (Å²) in [7, 11) is 0. The molecule has 0 bridgehead atoms. The number of alkyl halides is 3. The summed E-state index contributed by atoms with van der Waals surface area (Å²) in [5, 5.41) is 12.7. The molecule has 0 radical (unpaired) electrons. The summed E-state index contributed by atoms with van der Waals surface area (Å²) in [5.41, 5.74) is 2.15. The topological polar surface area (TPSA) is 90.4 Å². The number of hydrogen-bond acceptors (Lipinski definition) is 8. The molecule has 45 heavy (non-hydrogen) atoms. The van der Waals surface area contributed by atoms with Gasteiger partial charge in [-0.1, -0.05) is 25.8 Å². The van der Waals surface area contributed by atoms with Gasteiger partial charge in [-0.2, -0.15) is 13.2 Å². The molecule has 2 N–H and O–H groups in total. The molecular weight excluding hydrogens is 587 g/mol. The molecule has 9 nitrogen and oxygen atoms in total. The van der Waals surface area contributed by atoms with Gasteiger partial charge in [-0.05, 0) is 67.3 Å². The van der Waals surface area contributed by atoms with Crippen molar-refractivity contribution in [2.45, 2.75) is 58.5 Å². The average Bonchev–Trinajstić information content (AvgIpc) is 3.02. The highest BCUT2D eigenvalue weighted by atomic mass is 19.4. The molecule has 0 spiro atoms. The van der Waals surface area contributed by atoms with E-state index in [1.54, 1.807) is 13.0 Å². The van der Waals surface area contributed by atoms with Crippen molar-refractivity contribution < 1.29 is 32.5 Å². The fraction of sp³-hybridized carbons (Fsp3) is 0.515. The number of nitrogens with zero attached hydrogens (tertiary/aromatic N) is 4. The van der Waals surface area contributed by atoms with Crippen LogP contribution in [0.25, 0.3) is 11.1 Å². The van der Waals surface area contributed by atoms with Crippen molar-refractivity contribution in [1.82, 2.24) is 9.88 Å². The van der Waals surface area contributed by atoms with E-state index >= 15 is 0 Å². The molecule has 1 unspecified atom stereocenters. The number of rotatable bonds is 11. The van der Waals surface area contributed by atoms with E-state index in [4.69, 9.17) is 14.5 Å². The molecular formula is C33H42F3N5O4. The lowest BCUT2D eigenvalue weighted by molar-refractivity contribution is -0.129. The van der Waals surface area contributed by atoms with Gasteiger partial charge in [0.1, 0.15) is 11.6 Å². The number of morpholine rings is 1. The average molecular weight is 630 g/mol. The van der Waals surface area contributed by atoms with Crippen LogP contribution in [0.4, 0.5) is 30.5 Å². The van der Waals surface area contributed by atoms with E-state index in [2.05, 4.69) is 10.2 Å². The third kappa shape index (κ3) is 7.79. The van der Waals surface area contributed by atoms with Gasteiger partial charge in [0.05, 0.1) is 30.5 Å². The maximum atomic E-state index is 14.2. The Kier molecular flexibility index (Phi) is 10.4. The second-order valence-electron chi connectivity index (χ2n) is 11.7. The predicted octanol–water partition coefficient (Wildman–Crippen LogP) is 5.25. The fourth-order valence-corrected chi connectivity index (χ4v) is 5.67. The van der Waals surface area contributed by atoms with Crippen LogP contribution in [0.2, 0.25) is 0 Å². The number of anilines is 3. The van der Waals surface area contributed by atoms with Crippen LogP contribution in [-0.2, 0) is 14.3 Å². The van der Waals surface area contributed by atoms with Gasteiger partial charge >= 0.3 is 6.18 Å². The van der Waals surface area contributed by atoms with Gasteiger partial charge in [-0.15, -0.1) is 0 Å². The minimum atomic E-state index is -4.66. The second-order valence-corrected chi connectivity index (χ2v) is 11.7. The number of pyridine rings is 1. The summed E-state index contributed by atoms with van der Waals surface area (Å²) in [6.45, 7) is 9.75. The number of carbonyl (C=O) groups excluding carboxylic acids is 1. The molecule has 244 valence electrons. The SMILES string of the molecule is CCCCCOC1C(C(F)(F)F)=CC(C(=O)Nc2ccc(C)c(-c3cc(N4CCOCC4)nc(N4CC(O)C4)c3)c2)=CN1CC. The zero-order chi connectivity index (χ0) is 32.1. The Labute approximate surface area is 262 Å². The van der Waals surface area contributed by atoms with Crippen molar-refractivity contribution in [1.29, 1.82) is 0 Å². The zero-order valence-electron chi connectivity index (χ0n) is 26.1. The number of unbranched alkanes of at least 4 members (excludes halogenated alkanes) is 2. The first-order valence-corrected chi connectivity index (χ1v) is 15.7. The lowest BCUT2D eigenvalue weighted by atomic mass is 9.99. The van der Waals surface area contributed by atoms with Crippen LogP contribution in [-0.4, -0.2) is 92.0 Å².